The first-order valence-electron chi connectivity index (χ1n) is 10.7. The summed E-state index contributed by atoms with van der Waals surface area (Å²) in [6.07, 6.45) is 6.56. The summed E-state index contributed by atoms with van der Waals surface area (Å²) < 4.78 is 1.06. The molecule has 0 unspecified atom stereocenters. The molecule has 6 nitrogen and oxygen atoms in total. The Morgan fingerprint density at radius 2 is 1.87 bits per heavy atom. The van der Waals surface area contributed by atoms with Gasteiger partial charge in [-0.25, -0.2) is 4.98 Å². The number of nitrogens with one attached hydrogen (secondary N) is 1. The highest BCUT2D eigenvalue weighted by Gasteiger charge is 2.41. The number of benzene rings is 1. The van der Waals surface area contributed by atoms with Gasteiger partial charge in [-0.15, -0.1) is 0 Å². The normalized spacial score (nSPS) is 20.1. The molecule has 1 N–H and O–H groups in total. The van der Waals surface area contributed by atoms with E-state index >= 15 is 0 Å². The lowest BCUT2D eigenvalue weighted by atomic mass is 9.91. The topological polar surface area (TPSA) is 61.4 Å². The van der Waals surface area contributed by atoms with Crippen molar-refractivity contribution < 1.29 is 4.79 Å². The van der Waals surface area contributed by atoms with E-state index < -0.39 is 5.41 Å². The Labute approximate surface area is 187 Å². The molecule has 30 heavy (non-hydrogen) atoms. The summed E-state index contributed by atoms with van der Waals surface area (Å²) in [5.74, 6) is 1.56. The van der Waals surface area contributed by atoms with Crippen LogP contribution in [0.2, 0.25) is 0 Å². The van der Waals surface area contributed by atoms with E-state index in [2.05, 4.69) is 50.2 Å². The highest BCUT2D eigenvalue weighted by atomic mass is 79.9. The van der Waals surface area contributed by atoms with Crippen molar-refractivity contribution in [2.75, 3.05) is 28.7 Å². The molecule has 1 aromatic carbocycles. The standard InChI is InChI=1S/C23H30BrN5O/c1-15(16-9-11-17(24)12-10-16)26-22-25-13-19-20(27-22)29(18-7-5-6-8-18)14-23(2,3)21(30)28(19)4/h9-13,15,18H,5-8,14H2,1-4H3,(H,25,26,27)/t15-/m0/s1. The van der Waals surface area contributed by atoms with Crippen LogP contribution < -0.4 is 15.1 Å². The zero-order valence-electron chi connectivity index (χ0n) is 18.2. The molecule has 7 heteroatoms. The fourth-order valence-electron chi connectivity index (χ4n) is 4.56. The van der Waals surface area contributed by atoms with Crippen LogP contribution in [0.3, 0.4) is 0 Å². The summed E-state index contributed by atoms with van der Waals surface area (Å²) in [5, 5.41) is 3.44. The molecule has 0 saturated heterocycles. The van der Waals surface area contributed by atoms with Gasteiger partial charge in [0.1, 0.15) is 5.69 Å². The van der Waals surface area contributed by atoms with Crippen LogP contribution in [0.5, 0.6) is 0 Å². The van der Waals surface area contributed by atoms with E-state index in [0.717, 1.165) is 34.4 Å². The minimum Gasteiger partial charge on any atom is -0.351 e. The van der Waals surface area contributed by atoms with E-state index in [1.54, 1.807) is 11.1 Å². The van der Waals surface area contributed by atoms with Gasteiger partial charge in [0.15, 0.2) is 5.82 Å². The van der Waals surface area contributed by atoms with Crippen molar-refractivity contribution in [3.05, 3.63) is 40.5 Å². The van der Waals surface area contributed by atoms with Crippen LogP contribution in [-0.4, -0.2) is 35.5 Å². The third-order valence-electron chi connectivity index (χ3n) is 6.31. The van der Waals surface area contributed by atoms with Gasteiger partial charge in [0.05, 0.1) is 17.7 Å². The van der Waals surface area contributed by atoms with Crippen molar-refractivity contribution in [1.82, 2.24) is 9.97 Å². The molecule has 0 bridgehead atoms. The number of hydrogen-bond acceptors (Lipinski definition) is 5. The van der Waals surface area contributed by atoms with E-state index in [-0.39, 0.29) is 11.9 Å². The third kappa shape index (κ3) is 4.04. The van der Waals surface area contributed by atoms with Gasteiger partial charge in [0.25, 0.3) is 0 Å². The average Bonchev–Trinajstić information content (AvgIpc) is 3.24. The van der Waals surface area contributed by atoms with Crippen molar-refractivity contribution in [2.24, 2.45) is 5.41 Å². The Morgan fingerprint density at radius 3 is 2.53 bits per heavy atom. The van der Waals surface area contributed by atoms with E-state index in [1.807, 2.05) is 33.0 Å². The first-order chi connectivity index (χ1) is 14.3. The number of anilines is 3. The Morgan fingerprint density at radius 1 is 1.20 bits per heavy atom. The maximum Gasteiger partial charge on any atom is 0.234 e. The predicted molar refractivity (Wildman–Crippen MR) is 125 cm³/mol. The number of carbonyl (C=O) groups excluding carboxylic acids is 1. The molecule has 1 aromatic heterocycles. The van der Waals surface area contributed by atoms with E-state index in [9.17, 15) is 4.79 Å². The maximum absolute atomic E-state index is 13.1. The Balaban J connectivity index is 1.68. The summed E-state index contributed by atoms with van der Waals surface area (Å²) in [5.41, 5.74) is 1.48. The number of halogens is 1. The lowest BCUT2D eigenvalue weighted by Crippen LogP contribution is -2.45. The van der Waals surface area contributed by atoms with Crippen LogP contribution in [-0.2, 0) is 4.79 Å². The van der Waals surface area contributed by atoms with Crippen LogP contribution in [0, 0.1) is 5.41 Å². The number of amides is 1. The zero-order chi connectivity index (χ0) is 21.5. The van der Waals surface area contributed by atoms with Crippen LogP contribution in [0.1, 0.15) is 58.1 Å². The molecule has 0 spiro atoms. The molecule has 1 atom stereocenters. The highest BCUT2D eigenvalue weighted by Crippen LogP contribution is 2.40. The first kappa shape index (κ1) is 21.1. The van der Waals surface area contributed by atoms with E-state index in [4.69, 9.17) is 4.98 Å². The summed E-state index contributed by atoms with van der Waals surface area (Å²) in [4.78, 5) is 26.7. The van der Waals surface area contributed by atoms with E-state index in [1.165, 1.54) is 12.8 Å². The van der Waals surface area contributed by atoms with Crippen molar-refractivity contribution in [1.29, 1.82) is 0 Å². The third-order valence-corrected chi connectivity index (χ3v) is 6.84. The van der Waals surface area contributed by atoms with Crippen molar-refractivity contribution in [2.45, 2.75) is 58.5 Å². The lowest BCUT2D eigenvalue weighted by Gasteiger charge is -2.34. The molecule has 2 heterocycles. The molecular formula is C23H30BrN5O. The molecule has 1 amide bonds. The second-order valence-corrected chi connectivity index (χ2v) is 10.0. The SMILES string of the molecule is C[C@H](Nc1ncc2c(n1)N(C1CCCC1)CC(C)(C)C(=O)N2C)c1ccc(Br)cc1. The Bertz CT molecular complexity index is 924. The van der Waals surface area contributed by atoms with Crippen molar-refractivity contribution in [3.63, 3.8) is 0 Å². The minimum atomic E-state index is -0.476. The van der Waals surface area contributed by atoms with Gasteiger partial charge in [-0.3, -0.25) is 4.79 Å². The van der Waals surface area contributed by atoms with Crippen LogP contribution in [0.15, 0.2) is 34.9 Å². The summed E-state index contributed by atoms with van der Waals surface area (Å²) >= 11 is 3.49. The van der Waals surface area contributed by atoms with Gasteiger partial charge in [-0.2, -0.15) is 4.98 Å². The number of nitrogens with zero attached hydrogens (tertiary/aromatic N) is 4. The molecule has 2 aromatic rings. The molecular weight excluding hydrogens is 442 g/mol. The van der Waals surface area contributed by atoms with Crippen LogP contribution in [0.25, 0.3) is 0 Å². The zero-order valence-corrected chi connectivity index (χ0v) is 19.7. The number of aromatic nitrogens is 2. The predicted octanol–water partition coefficient (Wildman–Crippen LogP) is 5.16. The molecule has 160 valence electrons. The molecule has 1 fully saturated rings. The largest absolute Gasteiger partial charge is 0.351 e. The van der Waals surface area contributed by atoms with Gasteiger partial charge < -0.3 is 15.1 Å². The average molecular weight is 472 g/mol. The Hall–Kier alpha value is -2.15. The monoisotopic (exact) mass is 471 g/mol. The number of carbonyl (C=O) groups is 1. The summed E-state index contributed by atoms with van der Waals surface area (Å²) in [7, 11) is 1.84. The fraction of sp³-hybridized carbons (Fsp3) is 0.522. The first-order valence-corrected chi connectivity index (χ1v) is 11.5. The fourth-order valence-corrected chi connectivity index (χ4v) is 4.83. The molecule has 1 saturated carbocycles. The summed E-state index contributed by atoms with van der Waals surface area (Å²) in [6, 6.07) is 8.74. The molecule has 4 rings (SSSR count). The Kier molecular flexibility index (Phi) is 5.75. The molecule has 1 aliphatic heterocycles. The van der Waals surface area contributed by atoms with E-state index in [0.29, 0.717) is 18.5 Å². The molecule has 2 aliphatic rings. The molecule has 1 aliphatic carbocycles. The van der Waals surface area contributed by atoms with Crippen molar-refractivity contribution in [3.8, 4) is 0 Å². The second-order valence-electron chi connectivity index (χ2n) is 9.13. The number of fused-ring (bicyclic) bond motifs is 1. The smallest absolute Gasteiger partial charge is 0.234 e. The summed E-state index contributed by atoms with van der Waals surface area (Å²) in [6.45, 7) is 6.84. The molecule has 0 radical (unpaired) electrons. The lowest BCUT2D eigenvalue weighted by molar-refractivity contribution is -0.125. The van der Waals surface area contributed by atoms with Gasteiger partial charge in [0, 0.05) is 24.1 Å². The number of rotatable bonds is 4. The van der Waals surface area contributed by atoms with Crippen LogP contribution in [0.4, 0.5) is 17.5 Å². The van der Waals surface area contributed by atoms with Crippen LogP contribution >= 0.6 is 15.9 Å². The quantitative estimate of drug-likeness (QED) is 0.666. The van der Waals surface area contributed by atoms with Gasteiger partial charge >= 0.3 is 0 Å². The highest BCUT2D eigenvalue weighted by molar-refractivity contribution is 9.10. The van der Waals surface area contributed by atoms with Gasteiger partial charge in [0.2, 0.25) is 11.9 Å². The number of hydrogen-bond donors (Lipinski definition) is 1. The minimum absolute atomic E-state index is 0.0673. The van der Waals surface area contributed by atoms with Gasteiger partial charge in [-0.05, 0) is 51.3 Å². The van der Waals surface area contributed by atoms with Gasteiger partial charge in [-0.1, -0.05) is 40.9 Å². The maximum atomic E-state index is 13.1. The van der Waals surface area contributed by atoms with Crippen molar-refractivity contribution >= 4 is 39.3 Å². The second kappa shape index (κ2) is 8.17.